The number of nitrogens with one attached hydrogen (secondary N) is 2. The molecule has 2 N–H and O–H groups in total. The zero-order valence-electron chi connectivity index (χ0n) is 16.8. The summed E-state index contributed by atoms with van der Waals surface area (Å²) in [5.74, 6) is 1.22. The van der Waals surface area contributed by atoms with Crippen LogP contribution in [0.25, 0.3) is 0 Å². The van der Waals surface area contributed by atoms with Crippen molar-refractivity contribution >= 4 is 11.8 Å². The van der Waals surface area contributed by atoms with E-state index in [2.05, 4.69) is 20.8 Å². The fourth-order valence-electron chi connectivity index (χ4n) is 3.45. The molecule has 1 aromatic heterocycles. The van der Waals surface area contributed by atoms with Crippen molar-refractivity contribution in [3.8, 4) is 5.75 Å². The number of carbonyl (C=O) groups excluding carboxylic acids is 2. The van der Waals surface area contributed by atoms with Gasteiger partial charge in [0.15, 0.2) is 5.82 Å². The van der Waals surface area contributed by atoms with Crippen molar-refractivity contribution < 1.29 is 18.8 Å². The first-order chi connectivity index (χ1) is 14.2. The Labute approximate surface area is 170 Å². The van der Waals surface area contributed by atoms with Crippen LogP contribution in [0.5, 0.6) is 5.75 Å². The molecular formula is C21H28N4O4. The maximum atomic E-state index is 12.1. The Bertz CT molecular complexity index is 797. The number of aromatic nitrogens is 2. The molecule has 0 saturated heterocycles. The van der Waals surface area contributed by atoms with Gasteiger partial charge in [0.05, 0.1) is 7.11 Å². The average Bonchev–Trinajstić information content (AvgIpc) is 3.26. The Morgan fingerprint density at radius 2 is 1.83 bits per heavy atom. The van der Waals surface area contributed by atoms with Crippen LogP contribution in [0, 0.1) is 0 Å². The van der Waals surface area contributed by atoms with Gasteiger partial charge in [-0.15, -0.1) is 0 Å². The van der Waals surface area contributed by atoms with E-state index in [1.807, 2.05) is 24.3 Å². The molecular weight excluding hydrogens is 372 g/mol. The number of amides is 2. The van der Waals surface area contributed by atoms with E-state index >= 15 is 0 Å². The highest BCUT2D eigenvalue weighted by atomic mass is 16.5. The van der Waals surface area contributed by atoms with Gasteiger partial charge >= 0.3 is 11.8 Å². The molecule has 0 aliphatic heterocycles. The molecule has 2 amide bonds. The standard InChI is InChI=1S/C21H28N4O4/c1-28-17-10-7-15(8-11-17)9-12-18(26)22-13-14-23-20(27)21-24-19(25-29-21)16-5-3-2-4-6-16/h7-8,10-11,16H,2-6,9,12-14H2,1H3,(H,22,26)(H,23,27). The molecule has 3 rings (SSSR count). The Morgan fingerprint density at radius 1 is 1.10 bits per heavy atom. The maximum absolute atomic E-state index is 12.1. The highest BCUT2D eigenvalue weighted by Crippen LogP contribution is 2.30. The van der Waals surface area contributed by atoms with Crippen LogP contribution in [0.3, 0.4) is 0 Å². The van der Waals surface area contributed by atoms with Crippen LogP contribution in [-0.2, 0) is 11.2 Å². The summed E-state index contributed by atoms with van der Waals surface area (Å²) in [5.41, 5.74) is 1.07. The summed E-state index contributed by atoms with van der Waals surface area (Å²) in [7, 11) is 1.62. The third kappa shape index (κ3) is 6.30. The van der Waals surface area contributed by atoms with Crippen LogP contribution < -0.4 is 15.4 Å². The molecule has 0 radical (unpaired) electrons. The summed E-state index contributed by atoms with van der Waals surface area (Å²) in [6.07, 6.45) is 6.69. The van der Waals surface area contributed by atoms with Crippen molar-refractivity contribution in [2.45, 2.75) is 50.9 Å². The molecule has 1 aliphatic carbocycles. The third-order valence-corrected chi connectivity index (χ3v) is 5.14. The van der Waals surface area contributed by atoms with Crippen LogP contribution in [-0.4, -0.2) is 42.2 Å². The van der Waals surface area contributed by atoms with Crippen molar-refractivity contribution in [2.24, 2.45) is 0 Å². The van der Waals surface area contributed by atoms with Gasteiger partial charge in [0.25, 0.3) is 0 Å². The number of nitrogens with zero attached hydrogens (tertiary/aromatic N) is 2. The number of rotatable bonds is 9. The minimum absolute atomic E-state index is 0.0172. The van der Waals surface area contributed by atoms with E-state index in [1.54, 1.807) is 7.11 Å². The molecule has 1 aromatic carbocycles. The normalized spacial score (nSPS) is 14.4. The van der Waals surface area contributed by atoms with Gasteiger partial charge in [-0.2, -0.15) is 4.98 Å². The number of carbonyl (C=O) groups is 2. The van der Waals surface area contributed by atoms with E-state index in [9.17, 15) is 9.59 Å². The zero-order chi connectivity index (χ0) is 20.5. The van der Waals surface area contributed by atoms with Crippen molar-refractivity contribution in [3.63, 3.8) is 0 Å². The van der Waals surface area contributed by atoms with Crippen molar-refractivity contribution in [1.82, 2.24) is 20.8 Å². The van der Waals surface area contributed by atoms with Gasteiger partial charge in [-0.25, -0.2) is 0 Å². The molecule has 8 heteroatoms. The first kappa shape index (κ1) is 20.8. The number of ether oxygens (including phenoxy) is 1. The van der Waals surface area contributed by atoms with E-state index in [0.29, 0.717) is 37.7 Å². The number of methoxy groups -OCH3 is 1. The Hall–Kier alpha value is -2.90. The van der Waals surface area contributed by atoms with E-state index in [0.717, 1.165) is 24.2 Å². The predicted molar refractivity (Wildman–Crippen MR) is 107 cm³/mol. The molecule has 0 spiro atoms. The maximum Gasteiger partial charge on any atom is 0.315 e. The van der Waals surface area contributed by atoms with E-state index in [1.165, 1.54) is 19.3 Å². The number of hydrogen-bond acceptors (Lipinski definition) is 6. The fraction of sp³-hybridized carbons (Fsp3) is 0.524. The quantitative estimate of drug-likeness (QED) is 0.627. The lowest BCUT2D eigenvalue weighted by molar-refractivity contribution is -0.121. The van der Waals surface area contributed by atoms with Gasteiger partial charge in [-0.05, 0) is 37.0 Å². The molecule has 8 nitrogen and oxygen atoms in total. The monoisotopic (exact) mass is 400 g/mol. The molecule has 1 aliphatic rings. The van der Waals surface area contributed by atoms with Gasteiger partial charge in [0, 0.05) is 25.4 Å². The van der Waals surface area contributed by atoms with Gasteiger partial charge in [-0.3, -0.25) is 9.59 Å². The lowest BCUT2D eigenvalue weighted by Crippen LogP contribution is -2.34. The van der Waals surface area contributed by atoms with Crippen molar-refractivity contribution in [2.75, 3.05) is 20.2 Å². The van der Waals surface area contributed by atoms with Crippen LogP contribution >= 0.6 is 0 Å². The van der Waals surface area contributed by atoms with E-state index in [-0.39, 0.29) is 11.8 Å². The number of aryl methyl sites for hydroxylation is 1. The smallest absolute Gasteiger partial charge is 0.315 e. The second kappa shape index (κ2) is 10.6. The Morgan fingerprint density at radius 3 is 2.55 bits per heavy atom. The summed E-state index contributed by atoms with van der Waals surface area (Å²) >= 11 is 0. The van der Waals surface area contributed by atoms with Gasteiger partial charge in [0.2, 0.25) is 5.91 Å². The van der Waals surface area contributed by atoms with Gasteiger partial charge in [-0.1, -0.05) is 36.6 Å². The Balaban J connectivity index is 1.32. The molecule has 1 heterocycles. The van der Waals surface area contributed by atoms with E-state index in [4.69, 9.17) is 9.26 Å². The average molecular weight is 400 g/mol. The van der Waals surface area contributed by atoms with Gasteiger partial charge in [0.1, 0.15) is 5.75 Å². The highest BCUT2D eigenvalue weighted by molar-refractivity contribution is 5.89. The van der Waals surface area contributed by atoms with Crippen LogP contribution in [0.4, 0.5) is 0 Å². The molecule has 1 fully saturated rings. The van der Waals surface area contributed by atoms with Crippen molar-refractivity contribution in [1.29, 1.82) is 0 Å². The third-order valence-electron chi connectivity index (χ3n) is 5.14. The summed E-state index contributed by atoms with van der Waals surface area (Å²) in [5, 5.41) is 9.44. The van der Waals surface area contributed by atoms with Crippen LogP contribution in [0.2, 0.25) is 0 Å². The fourth-order valence-corrected chi connectivity index (χ4v) is 3.45. The summed E-state index contributed by atoms with van der Waals surface area (Å²) in [4.78, 5) is 28.3. The zero-order valence-corrected chi connectivity index (χ0v) is 16.8. The number of hydrogen-bond donors (Lipinski definition) is 2. The molecule has 0 unspecified atom stereocenters. The summed E-state index contributed by atoms with van der Waals surface area (Å²) in [6.45, 7) is 0.644. The summed E-state index contributed by atoms with van der Waals surface area (Å²) in [6, 6.07) is 7.64. The second-order valence-electron chi connectivity index (χ2n) is 7.25. The second-order valence-corrected chi connectivity index (χ2v) is 7.25. The molecule has 0 atom stereocenters. The van der Waals surface area contributed by atoms with Crippen LogP contribution in [0.1, 0.15) is 66.5 Å². The molecule has 29 heavy (non-hydrogen) atoms. The first-order valence-corrected chi connectivity index (χ1v) is 10.2. The lowest BCUT2D eigenvalue weighted by atomic mass is 9.89. The first-order valence-electron chi connectivity index (χ1n) is 10.2. The number of benzene rings is 1. The molecule has 1 saturated carbocycles. The SMILES string of the molecule is COc1ccc(CCC(=O)NCCNC(=O)c2nc(C3CCCCC3)no2)cc1. The lowest BCUT2D eigenvalue weighted by Gasteiger charge is -2.17. The largest absolute Gasteiger partial charge is 0.497 e. The highest BCUT2D eigenvalue weighted by Gasteiger charge is 2.23. The minimum Gasteiger partial charge on any atom is -0.497 e. The van der Waals surface area contributed by atoms with Crippen molar-refractivity contribution in [3.05, 3.63) is 41.5 Å². The topological polar surface area (TPSA) is 106 Å². The Kier molecular flexibility index (Phi) is 7.61. The molecule has 0 bridgehead atoms. The van der Waals surface area contributed by atoms with E-state index < -0.39 is 5.91 Å². The minimum atomic E-state index is -0.410. The van der Waals surface area contributed by atoms with Gasteiger partial charge < -0.3 is 19.9 Å². The molecule has 2 aromatic rings. The predicted octanol–water partition coefficient (Wildman–Crippen LogP) is 2.60. The van der Waals surface area contributed by atoms with Crippen LogP contribution in [0.15, 0.2) is 28.8 Å². The molecule has 156 valence electrons. The summed E-state index contributed by atoms with van der Waals surface area (Å²) < 4.78 is 10.2.